The van der Waals surface area contributed by atoms with Gasteiger partial charge in [0, 0.05) is 38.2 Å². The second-order valence-corrected chi connectivity index (χ2v) is 6.25. The van der Waals surface area contributed by atoms with Gasteiger partial charge in [-0.1, -0.05) is 35.3 Å². The predicted octanol–water partition coefficient (Wildman–Crippen LogP) is 3.12. The number of hydrogen-bond acceptors (Lipinski definition) is 4. The minimum atomic E-state index is -0.696. The van der Waals surface area contributed by atoms with Gasteiger partial charge in [-0.2, -0.15) is 0 Å². The van der Waals surface area contributed by atoms with Crippen LogP contribution in [0.3, 0.4) is 0 Å². The Balaban J connectivity index is 1.77. The molecule has 0 radical (unpaired) electrons. The molecule has 0 aromatic carbocycles. The van der Waals surface area contributed by atoms with Crippen LogP contribution in [0.15, 0.2) is 48.0 Å². The Kier molecular flexibility index (Phi) is 5.65. The Labute approximate surface area is 159 Å². The molecule has 10 heteroatoms. The van der Waals surface area contributed by atoms with Crippen LogP contribution in [0.4, 0.5) is 0 Å². The molecule has 134 valence electrons. The Bertz CT molecular complexity index is 839. The molecule has 8 nitrogen and oxygen atoms in total. The van der Waals surface area contributed by atoms with Gasteiger partial charge in [0.25, 0.3) is 5.96 Å². The monoisotopic (exact) mass is 392 g/mol. The van der Waals surface area contributed by atoms with Gasteiger partial charge in [-0.3, -0.25) is 0 Å². The van der Waals surface area contributed by atoms with E-state index in [0.29, 0.717) is 29.9 Å². The summed E-state index contributed by atoms with van der Waals surface area (Å²) in [7, 11) is 0. The van der Waals surface area contributed by atoms with Gasteiger partial charge in [-0.05, 0) is 29.3 Å². The molecule has 0 amide bonds. The highest BCUT2D eigenvalue weighted by Gasteiger charge is 2.28. The van der Waals surface area contributed by atoms with Crippen LogP contribution in [0.2, 0.25) is 10.3 Å². The number of halogens is 2. The van der Waals surface area contributed by atoms with Crippen molar-refractivity contribution in [2.24, 2.45) is 5.10 Å². The molecule has 0 atom stereocenters. The SMILES string of the molecule is O=[N+]([O-])N=C1N(/C=C/c2ccc(Cl)nc2)CCN1Cc1ccc(Cl)nc1. The van der Waals surface area contributed by atoms with E-state index in [1.165, 1.54) is 0 Å². The minimum absolute atomic E-state index is 0.267. The van der Waals surface area contributed by atoms with E-state index >= 15 is 0 Å². The molecule has 0 N–H and O–H groups in total. The van der Waals surface area contributed by atoms with E-state index in [4.69, 9.17) is 23.2 Å². The summed E-state index contributed by atoms with van der Waals surface area (Å²) in [5.74, 6) is 0.267. The van der Waals surface area contributed by atoms with Crippen LogP contribution in [-0.2, 0) is 6.54 Å². The number of hydrogen-bond donors (Lipinski definition) is 0. The van der Waals surface area contributed by atoms with E-state index in [0.717, 1.165) is 11.1 Å². The molecule has 0 spiro atoms. The lowest BCUT2D eigenvalue weighted by atomic mass is 10.3. The van der Waals surface area contributed by atoms with Crippen molar-refractivity contribution in [2.45, 2.75) is 6.54 Å². The van der Waals surface area contributed by atoms with E-state index in [9.17, 15) is 10.1 Å². The van der Waals surface area contributed by atoms with E-state index in [1.807, 2.05) is 17.0 Å². The molecular weight excluding hydrogens is 379 g/mol. The van der Waals surface area contributed by atoms with E-state index in [-0.39, 0.29) is 5.96 Å². The molecular formula is C16H14Cl2N6O2. The van der Waals surface area contributed by atoms with Gasteiger partial charge in [0.2, 0.25) is 0 Å². The normalized spacial score (nSPS) is 16.0. The highest BCUT2D eigenvalue weighted by Crippen LogP contribution is 2.16. The van der Waals surface area contributed by atoms with Gasteiger partial charge >= 0.3 is 0 Å². The number of guanidine groups is 1. The number of aromatic nitrogens is 2. The smallest absolute Gasteiger partial charge is 0.278 e. The third-order valence-corrected chi connectivity index (χ3v) is 4.13. The molecule has 1 saturated heterocycles. The maximum absolute atomic E-state index is 10.9. The number of nitro groups is 1. The number of nitrogens with zero attached hydrogens (tertiary/aromatic N) is 6. The average molecular weight is 393 g/mol. The molecule has 2 aromatic heterocycles. The van der Waals surface area contributed by atoms with Crippen LogP contribution in [-0.4, -0.2) is 43.8 Å². The van der Waals surface area contributed by atoms with E-state index in [1.54, 1.807) is 41.7 Å². The minimum Gasteiger partial charge on any atom is -0.331 e. The first-order chi connectivity index (χ1) is 12.5. The average Bonchev–Trinajstić information content (AvgIpc) is 2.97. The molecule has 1 aliphatic heterocycles. The standard InChI is InChI=1S/C16H14Cl2N6O2/c17-14-3-1-12(9-19-14)5-6-22-7-8-23(16(22)21-24(25)26)11-13-2-4-15(18)20-10-13/h1-6,9-10H,7-8,11H2/b6-5+,21-16?. The van der Waals surface area contributed by atoms with Crippen molar-refractivity contribution in [3.05, 3.63) is 74.4 Å². The molecule has 2 aromatic rings. The van der Waals surface area contributed by atoms with Crippen molar-refractivity contribution >= 4 is 35.2 Å². The van der Waals surface area contributed by atoms with Crippen LogP contribution in [0.1, 0.15) is 11.1 Å². The molecule has 3 heterocycles. The zero-order valence-electron chi connectivity index (χ0n) is 13.5. The summed E-state index contributed by atoms with van der Waals surface area (Å²) < 4.78 is 0. The zero-order chi connectivity index (χ0) is 18.5. The van der Waals surface area contributed by atoms with Crippen LogP contribution in [0, 0.1) is 10.1 Å². The molecule has 3 rings (SSSR count). The Morgan fingerprint density at radius 1 is 1.15 bits per heavy atom. The van der Waals surface area contributed by atoms with Crippen LogP contribution in [0.25, 0.3) is 6.08 Å². The zero-order valence-corrected chi connectivity index (χ0v) is 15.0. The third kappa shape index (κ3) is 4.68. The summed E-state index contributed by atoms with van der Waals surface area (Å²) in [5.41, 5.74) is 1.72. The first-order valence-electron chi connectivity index (χ1n) is 7.66. The second kappa shape index (κ2) is 8.11. The van der Waals surface area contributed by atoms with Gasteiger partial charge in [0.05, 0.1) is 0 Å². The van der Waals surface area contributed by atoms with Crippen molar-refractivity contribution in [1.82, 2.24) is 19.8 Å². The topological polar surface area (TPSA) is 87.8 Å². The lowest BCUT2D eigenvalue weighted by Gasteiger charge is -2.18. The summed E-state index contributed by atoms with van der Waals surface area (Å²) in [6.07, 6.45) is 6.81. The van der Waals surface area contributed by atoms with E-state index in [2.05, 4.69) is 15.1 Å². The fourth-order valence-corrected chi connectivity index (χ4v) is 2.70. The van der Waals surface area contributed by atoms with Crippen molar-refractivity contribution in [3.63, 3.8) is 0 Å². The van der Waals surface area contributed by atoms with Gasteiger partial charge in [0.1, 0.15) is 15.4 Å². The summed E-state index contributed by atoms with van der Waals surface area (Å²) in [4.78, 5) is 22.5. The third-order valence-electron chi connectivity index (χ3n) is 3.68. The van der Waals surface area contributed by atoms with Crippen LogP contribution in [0.5, 0.6) is 0 Å². The molecule has 1 fully saturated rings. The molecule has 26 heavy (non-hydrogen) atoms. The summed E-state index contributed by atoms with van der Waals surface area (Å²) >= 11 is 11.6. The van der Waals surface area contributed by atoms with Crippen LogP contribution < -0.4 is 0 Å². The highest BCUT2D eigenvalue weighted by molar-refractivity contribution is 6.29. The lowest BCUT2D eigenvalue weighted by Crippen LogP contribution is -2.31. The lowest BCUT2D eigenvalue weighted by molar-refractivity contribution is -0.486. The van der Waals surface area contributed by atoms with Crippen molar-refractivity contribution < 1.29 is 5.03 Å². The van der Waals surface area contributed by atoms with E-state index < -0.39 is 5.03 Å². The molecule has 0 unspecified atom stereocenters. The Hall–Kier alpha value is -2.71. The quantitative estimate of drug-likeness (QED) is 0.441. The highest BCUT2D eigenvalue weighted by atomic mass is 35.5. The first-order valence-corrected chi connectivity index (χ1v) is 8.41. The first kappa shape index (κ1) is 18.1. The van der Waals surface area contributed by atoms with Crippen molar-refractivity contribution in [2.75, 3.05) is 13.1 Å². The fourth-order valence-electron chi connectivity index (χ4n) is 2.48. The largest absolute Gasteiger partial charge is 0.331 e. The molecule has 0 aliphatic carbocycles. The summed E-state index contributed by atoms with van der Waals surface area (Å²) in [5, 5.41) is 14.6. The number of hydrazone groups is 1. The van der Waals surface area contributed by atoms with Gasteiger partial charge in [-0.15, -0.1) is 0 Å². The van der Waals surface area contributed by atoms with Crippen LogP contribution >= 0.6 is 23.2 Å². The van der Waals surface area contributed by atoms with Gasteiger partial charge < -0.3 is 9.80 Å². The summed E-state index contributed by atoms with van der Waals surface area (Å²) in [6, 6.07) is 7.00. The maximum Gasteiger partial charge on any atom is 0.278 e. The Morgan fingerprint density at radius 3 is 2.50 bits per heavy atom. The van der Waals surface area contributed by atoms with Crippen molar-refractivity contribution in [3.8, 4) is 0 Å². The number of rotatable bonds is 5. The van der Waals surface area contributed by atoms with Crippen molar-refractivity contribution in [1.29, 1.82) is 0 Å². The molecule has 0 bridgehead atoms. The molecule has 0 saturated carbocycles. The number of pyridine rings is 2. The Morgan fingerprint density at radius 2 is 1.88 bits per heavy atom. The maximum atomic E-state index is 10.9. The summed E-state index contributed by atoms with van der Waals surface area (Å²) in [6.45, 7) is 1.62. The predicted molar refractivity (Wildman–Crippen MR) is 99.1 cm³/mol. The second-order valence-electron chi connectivity index (χ2n) is 5.47. The fraction of sp³-hybridized carbons (Fsp3) is 0.188. The molecule has 1 aliphatic rings. The van der Waals surface area contributed by atoms with Gasteiger partial charge in [-0.25, -0.2) is 20.1 Å². The van der Waals surface area contributed by atoms with Gasteiger partial charge in [0.15, 0.2) is 5.03 Å².